The molecule has 3 nitrogen and oxygen atoms in total. The van der Waals surface area contributed by atoms with E-state index in [1.165, 1.54) is 5.56 Å². The van der Waals surface area contributed by atoms with E-state index in [2.05, 4.69) is 37.1 Å². The number of hydrogen-bond acceptors (Lipinski definition) is 3. The Kier molecular flexibility index (Phi) is 5.76. The van der Waals surface area contributed by atoms with Crippen LogP contribution in [0.3, 0.4) is 0 Å². The Morgan fingerprint density at radius 3 is 2.76 bits per heavy atom. The van der Waals surface area contributed by atoms with Gasteiger partial charge in [0.15, 0.2) is 0 Å². The van der Waals surface area contributed by atoms with Crippen molar-refractivity contribution in [2.45, 2.75) is 33.7 Å². The molecule has 0 aliphatic heterocycles. The lowest BCUT2D eigenvalue weighted by atomic mass is 10.1. The van der Waals surface area contributed by atoms with Crippen LogP contribution in [0.4, 0.5) is 0 Å². The molecule has 1 aromatic carbocycles. The molecular weight excluding hydrogens is 260 g/mol. The molecule has 0 aliphatic rings. The number of aryl methyl sites for hydroxylation is 1. The number of pyridine rings is 1. The minimum Gasteiger partial charge on any atom is -0.457 e. The van der Waals surface area contributed by atoms with Gasteiger partial charge in [-0.05, 0) is 36.6 Å². The number of para-hydroxylation sites is 1. The predicted molar refractivity (Wildman–Crippen MR) is 86.7 cm³/mol. The first-order valence-electron chi connectivity index (χ1n) is 7.60. The number of nitrogens with one attached hydrogen (secondary N) is 1. The minimum atomic E-state index is 0.640. The molecule has 0 spiro atoms. The van der Waals surface area contributed by atoms with Crippen LogP contribution >= 0.6 is 0 Å². The van der Waals surface area contributed by atoms with Gasteiger partial charge in [0.05, 0.1) is 5.69 Å². The number of rotatable bonds is 7. The van der Waals surface area contributed by atoms with Crippen molar-refractivity contribution >= 4 is 0 Å². The largest absolute Gasteiger partial charge is 0.457 e. The molecule has 0 radical (unpaired) electrons. The van der Waals surface area contributed by atoms with E-state index in [9.17, 15) is 0 Å². The molecule has 2 aromatic rings. The third-order valence-electron chi connectivity index (χ3n) is 3.23. The average molecular weight is 284 g/mol. The van der Waals surface area contributed by atoms with Gasteiger partial charge < -0.3 is 10.1 Å². The van der Waals surface area contributed by atoms with Crippen molar-refractivity contribution in [3.05, 3.63) is 53.9 Å². The van der Waals surface area contributed by atoms with Gasteiger partial charge in [-0.3, -0.25) is 4.98 Å². The van der Waals surface area contributed by atoms with Gasteiger partial charge in [0, 0.05) is 18.8 Å². The van der Waals surface area contributed by atoms with Crippen LogP contribution in [-0.4, -0.2) is 11.5 Å². The molecule has 0 saturated heterocycles. The van der Waals surface area contributed by atoms with Gasteiger partial charge in [0.25, 0.3) is 0 Å². The molecule has 0 aliphatic carbocycles. The lowest BCUT2D eigenvalue weighted by molar-refractivity contribution is 0.474. The summed E-state index contributed by atoms with van der Waals surface area (Å²) >= 11 is 0. The summed E-state index contributed by atoms with van der Waals surface area (Å²) in [5.41, 5.74) is 2.22. The van der Waals surface area contributed by atoms with Crippen LogP contribution < -0.4 is 10.1 Å². The quantitative estimate of drug-likeness (QED) is 0.828. The monoisotopic (exact) mass is 284 g/mol. The molecule has 1 aromatic heterocycles. The first-order chi connectivity index (χ1) is 10.2. The maximum Gasteiger partial charge on any atom is 0.130 e. The van der Waals surface area contributed by atoms with Crippen LogP contribution in [0.25, 0.3) is 0 Å². The van der Waals surface area contributed by atoms with Gasteiger partial charge in [0.2, 0.25) is 0 Å². The molecule has 21 heavy (non-hydrogen) atoms. The summed E-state index contributed by atoms with van der Waals surface area (Å²) in [6.07, 6.45) is 2.76. The normalized spacial score (nSPS) is 10.9. The van der Waals surface area contributed by atoms with E-state index in [4.69, 9.17) is 4.74 Å². The SMILES string of the molecule is CCc1ccccc1Oc1ccnc(CNCC(C)C)c1. The number of nitrogens with zero attached hydrogens (tertiary/aromatic N) is 1. The van der Waals surface area contributed by atoms with Crippen LogP contribution in [0.2, 0.25) is 0 Å². The zero-order valence-electron chi connectivity index (χ0n) is 13.1. The number of hydrogen-bond donors (Lipinski definition) is 1. The summed E-state index contributed by atoms with van der Waals surface area (Å²) in [6.45, 7) is 8.29. The molecule has 0 amide bonds. The smallest absolute Gasteiger partial charge is 0.130 e. The first kappa shape index (κ1) is 15.5. The fourth-order valence-corrected chi connectivity index (χ4v) is 2.13. The van der Waals surface area contributed by atoms with Crippen LogP contribution in [0, 0.1) is 5.92 Å². The Bertz CT molecular complexity index is 567. The molecule has 2 rings (SSSR count). The van der Waals surface area contributed by atoms with Crippen molar-refractivity contribution in [1.82, 2.24) is 10.3 Å². The van der Waals surface area contributed by atoms with Gasteiger partial charge >= 0.3 is 0 Å². The summed E-state index contributed by atoms with van der Waals surface area (Å²) in [5.74, 6) is 2.40. The van der Waals surface area contributed by atoms with Crippen molar-refractivity contribution in [1.29, 1.82) is 0 Å². The highest BCUT2D eigenvalue weighted by Gasteiger charge is 2.04. The molecule has 3 heteroatoms. The fourth-order valence-electron chi connectivity index (χ4n) is 2.13. The van der Waals surface area contributed by atoms with Crippen LogP contribution in [0.1, 0.15) is 32.0 Å². The maximum atomic E-state index is 6.00. The summed E-state index contributed by atoms with van der Waals surface area (Å²) in [6, 6.07) is 12.1. The Hall–Kier alpha value is -1.87. The second-order valence-corrected chi connectivity index (χ2v) is 5.57. The topological polar surface area (TPSA) is 34.1 Å². The third-order valence-corrected chi connectivity index (χ3v) is 3.23. The van der Waals surface area contributed by atoms with Crippen molar-refractivity contribution in [2.75, 3.05) is 6.54 Å². The predicted octanol–water partition coefficient (Wildman–Crippen LogP) is 4.18. The van der Waals surface area contributed by atoms with E-state index in [0.717, 1.165) is 36.7 Å². The summed E-state index contributed by atoms with van der Waals surface area (Å²) in [7, 11) is 0. The summed E-state index contributed by atoms with van der Waals surface area (Å²) < 4.78 is 6.00. The highest BCUT2D eigenvalue weighted by atomic mass is 16.5. The van der Waals surface area contributed by atoms with Crippen molar-refractivity contribution in [2.24, 2.45) is 5.92 Å². The number of aromatic nitrogens is 1. The fraction of sp³-hybridized carbons (Fsp3) is 0.389. The van der Waals surface area contributed by atoms with Crippen LogP contribution in [-0.2, 0) is 13.0 Å². The molecule has 1 heterocycles. The standard InChI is InChI=1S/C18H24N2O/c1-4-15-7-5-6-8-18(15)21-17-9-10-20-16(11-17)13-19-12-14(2)3/h5-11,14,19H,4,12-13H2,1-3H3. The molecule has 0 fully saturated rings. The third kappa shape index (κ3) is 4.87. The second kappa shape index (κ2) is 7.79. The Labute approximate surface area is 127 Å². The lowest BCUT2D eigenvalue weighted by Crippen LogP contribution is -2.19. The molecular formula is C18H24N2O. The van der Waals surface area contributed by atoms with Gasteiger partial charge in [-0.1, -0.05) is 39.0 Å². The van der Waals surface area contributed by atoms with Crippen molar-refractivity contribution < 1.29 is 4.74 Å². The van der Waals surface area contributed by atoms with Gasteiger partial charge in [-0.25, -0.2) is 0 Å². The zero-order chi connectivity index (χ0) is 15.1. The molecule has 0 bridgehead atoms. The number of ether oxygens (including phenoxy) is 1. The first-order valence-corrected chi connectivity index (χ1v) is 7.60. The van der Waals surface area contributed by atoms with Crippen LogP contribution in [0.15, 0.2) is 42.6 Å². The van der Waals surface area contributed by atoms with Crippen molar-refractivity contribution in [3.8, 4) is 11.5 Å². The van der Waals surface area contributed by atoms with Crippen LogP contribution in [0.5, 0.6) is 11.5 Å². The van der Waals surface area contributed by atoms with Gasteiger partial charge in [0.1, 0.15) is 11.5 Å². The highest BCUT2D eigenvalue weighted by Crippen LogP contribution is 2.25. The zero-order valence-corrected chi connectivity index (χ0v) is 13.1. The Morgan fingerprint density at radius 1 is 1.19 bits per heavy atom. The van der Waals surface area contributed by atoms with Gasteiger partial charge in [-0.15, -0.1) is 0 Å². The average Bonchev–Trinajstić information content (AvgIpc) is 2.48. The van der Waals surface area contributed by atoms with E-state index in [0.29, 0.717) is 5.92 Å². The van der Waals surface area contributed by atoms with E-state index < -0.39 is 0 Å². The Balaban J connectivity index is 2.03. The summed E-state index contributed by atoms with van der Waals surface area (Å²) in [4.78, 5) is 4.38. The van der Waals surface area contributed by atoms with E-state index >= 15 is 0 Å². The molecule has 0 unspecified atom stereocenters. The lowest BCUT2D eigenvalue weighted by Gasteiger charge is -2.11. The molecule has 0 atom stereocenters. The molecule has 1 N–H and O–H groups in total. The molecule has 112 valence electrons. The maximum absolute atomic E-state index is 6.00. The highest BCUT2D eigenvalue weighted by molar-refractivity contribution is 5.37. The van der Waals surface area contributed by atoms with E-state index in [1.807, 2.05) is 30.3 Å². The van der Waals surface area contributed by atoms with Gasteiger partial charge in [-0.2, -0.15) is 0 Å². The minimum absolute atomic E-state index is 0.640. The van der Waals surface area contributed by atoms with E-state index in [-0.39, 0.29) is 0 Å². The summed E-state index contributed by atoms with van der Waals surface area (Å²) in [5, 5.41) is 3.40. The molecule has 0 saturated carbocycles. The number of benzene rings is 1. The second-order valence-electron chi connectivity index (χ2n) is 5.57. The Morgan fingerprint density at radius 2 is 2.00 bits per heavy atom. The van der Waals surface area contributed by atoms with Crippen molar-refractivity contribution in [3.63, 3.8) is 0 Å². The van der Waals surface area contributed by atoms with E-state index in [1.54, 1.807) is 6.20 Å².